The van der Waals surface area contributed by atoms with Crippen molar-refractivity contribution >= 4 is 43.6 Å². The molecule has 0 atom stereocenters. The molecule has 368 valence electrons. The lowest BCUT2D eigenvalue weighted by Gasteiger charge is -2.21. The Morgan fingerprint density at radius 1 is 0.284 bits per heavy atom. The van der Waals surface area contributed by atoms with Crippen LogP contribution in [0.4, 0.5) is 0 Å². The molecule has 9 aromatic carbocycles. The van der Waals surface area contributed by atoms with Crippen molar-refractivity contribution in [2.45, 2.75) is 6.92 Å². The topological polar surface area (TPSA) is 237 Å². The van der Waals surface area contributed by atoms with E-state index in [-0.39, 0.29) is 5.56 Å². The summed E-state index contributed by atoms with van der Waals surface area (Å²) >= 11 is 0. The molecule has 0 aliphatic rings. The zero-order valence-electron chi connectivity index (χ0n) is 42.6. The highest BCUT2D eigenvalue weighted by Gasteiger charge is 2.26. The van der Waals surface area contributed by atoms with Crippen LogP contribution < -0.4 is 0 Å². The minimum atomic E-state index is 0.280. The van der Waals surface area contributed by atoms with Crippen molar-refractivity contribution in [2.75, 3.05) is 0 Å². The van der Waals surface area contributed by atoms with Crippen LogP contribution in [0.2, 0.25) is 0 Å². The molecule has 0 fully saturated rings. The zero-order valence-corrected chi connectivity index (χ0v) is 42.6. The molecule has 0 spiro atoms. The Bertz CT molecular complexity index is 4510. The third kappa shape index (κ3) is 8.49. The van der Waals surface area contributed by atoms with Gasteiger partial charge in [-0.25, -0.2) is 0 Å². The summed E-state index contributed by atoms with van der Waals surface area (Å²) in [5.74, 6) is 0. The van der Waals surface area contributed by atoms with E-state index in [1.807, 2.05) is 110 Å². The van der Waals surface area contributed by atoms with Gasteiger partial charge in [0.25, 0.3) is 0 Å². The van der Waals surface area contributed by atoms with Gasteiger partial charge in [-0.3, -0.25) is 4.98 Å². The summed E-state index contributed by atoms with van der Waals surface area (Å²) in [7, 11) is 0. The van der Waals surface area contributed by atoms with Gasteiger partial charge in [0.05, 0.1) is 144 Å². The van der Waals surface area contributed by atoms with Crippen LogP contribution in [0, 0.1) is 109 Å². The maximum absolute atomic E-state index is 11.3. The number of pyridine rings is 1. The van der Waals surface area contributed by atoms with E-state index >= 15 is 0 Å². The maximum atomic E-state index is 11.3. The normalized spacial score (nSPS) is 10.7. The van der Waals surface area contributed by atoms with Crippen LogP contribution in [0.3, 0.4) is 0 Å². The summed E-state index contributed by atoms with van der Waals surface area (Å²) in [6.45, 7) is 1.90. The van der Waals surface area contributed by atoms with E-state index in [0.717, 1.165) is 21.5 Å². The molecule has 3 aromatic heterocycles. The Morgan fingerprint density at radius 2 is 0.543 bits per heavy atom. The van der Waals surface area contributed by atoms with Crippen LogP contribution in [0.5, 0.6) is 0 Å². The molecule has 0 aliphatic carbocycles. The van der Waals surface area contributed by atoms with E-state index in [0.29, 0.717) is 139 Å². The number of benzene rings is 9. The number of aromatic nitrogens is 3. The van der Waals surface area contributed by atoms with Gasteiger partial charge in [0, 0.05) is 32.8 Å². The van der Waals surface area contributed by atoms with Gasteiger partial charge < -0.3 is 9.13 Å². The molecule has 0 radical (unpaired) electrons. The average Bonchev–Trinajstić information content (AvgIpc) is 4.27. The fraction of sp³-hybridized carbons (Fsp3) is 0.0145. The molecular formula is C69H32N12. The van der Waals surface area contributed by atoms with Gasteiger partial charge in [-0.15, -0.1) is 0 Å². The first kappa shape index (κ1) is 49.0. The molecule has 0 saturated heterocycles. The first-order valence-electron chi connectivity index (χ1n) is 25.1. The Balaban J connectivity index is 1.26. The lowest BCUT2D eigenvalue weighted by molar-refractivity contribution is 1.11. The fourth-order valence-corrected chi connectivity index (χ4v) is 10.9. The van der Waals surface area contributed by atoms with Crippen LogP contribution in [0.25, 0.3) is 111 Å². The number of rotatable bonds is 7. The van der Waals surface area contributed by atoms with Crippen molar-refractivity contribution in [1.29, 1.82) is 47.4 Å². The van der Waals surface area contributed by atoms with E-state index in [4.69, 9.17) is 4.98 Å². The second-order valence-electron chi connectivity index (χ2n) is 19.4. The van der Waals surface area contributed by atoms with Gasteiger partial charge >= 0.3 is 0 Å². The average molecular weight is 1030 g/mol. The van der Waals surface area contributed by atoms with Gasteiger partial charge in [-0.2, -0.15) is 47.4 Å². The van der Waals surface area contributed by atoms with Crippen LogP contribution >= 0.6 is 0 Å². The van der Waals surface area contributed by atoms with E-state index in [9.17, 15) is 47.4 Å². The predicted molar refractivity (Wildman–Crippen MR) is 307 cm³/mol. The van der Waals surface area contributed by atoms with Crippen molar-refractivity contribution < 1.29 is 0 Å². The van der Waals surface area contributed by atoms with Crippen molar-refractivity contribution in [3.63, 3.8) is 0 Å². The zero-order chi connectivity index (χ0) is 56.1. The molecule has 12 heteroatoms. The summed E-state index contributed by atoms with van der Waals surface area (Å²) in [4.78, 5) is 5.22. The van der Waals surface area contributed by atoms with Crippen molar-refractivity contribution in [3.8, 4) is 122 Å². The van der Waals surface area contributed by atoms with Crippen molar-refractivity contribution in [2.24, 2.45) is 0 Å². The SMILES string of the molecule is Cc1cccc(-c2c(-n3c4cc(-c5cc(C#N)cc(C#N)c5)ccc4c4ccc(-c5cc(C#N)cc(C#N)c5)cc43)cc(C#N)cc2-n2c3cc(-c4cc(C#N)cc(C#N)c4)ccc3c3ccc(-c4cc(C#N)cc(C#N)c4)cc32)n1. The molecule has 0 amide bonds. The first-order valence-corrected chi connectivity index (χ1v) is 25.1. The summed E-state index contributed by atoms with van der Waals surface area (Å²) < 4.78 is 4.16. The molecule has 12 nitrogen and oxygen atoms in total. The molecule has 0 aliphatic heterocycles. The minimum absolute atomic E-state index is 0.280. The second-order valence-corrected chi connectivity index (χ2v) is 19.4. The molecule has 0 bridgehead atoms. The highest BCUT2D eigenvalue weighted by molar-refractivity contribution is 6.14. The number of hydrogen-bond acceptors (Lipinski definition) is 10. The smallest absolute Gasteiger partial charge is 0.0993 e. The molecule has 0 saturated carbocycles. The Hall–Kier alpha value is -12.9. The van der Waals surface area contributed by atoms with Crippen molar-refractivity contribution in [1.82, 2.24) is 14.1 Å². The predicted octanol–water partition coefficient (Wildman–Crippen LogP) is 14.8. The van der Waals surface area contributed by atoms with Gasteiger partial charge in [0.1, 0.15) is 0 Å². The summed E-state index contributed by atoms with van der Waals surface area (Å²) in [5, 5.41) is 95.2. The van der Waals surface area contributed by atoms with Gasteiger partial charge in [-0.05, 0) is 173 Å². The quantitative estimate of drug-likeness (QED) is 0.146. The van der Waals surface area contributed by atoms with Crippen LogP contribution in [0.15, 0.2) is 176 Å². The fourth-order valence-electron chi connectivity index (χ4n) is 10.9. The monoisotopic (exact) mass is 1030 g/mol. The van der Waals surface area contributed by atoms with Gasteiger partial charge in [0.15, 0.2) is 0 Å². The first-order chi connectivity index (χ1) is 39.5. The Morgan fingerprint density at radius 3 is 0.790 bits per heavy atom. The molecule has 12 rings (SSSR count). The largest absolute Gasteiger partial charge is 0.308 e. The molecular weight excluding hydrogens is 997 g/mol. The van der Waals surface area contributed by atoms with Crippen LogP contribution in [0.1, 0.15) is 55.8 Å². The summed E-state index contributed by atoms with van der Waals surface area (Å²) in [6.07, 6.45) is 0. The van der Waals surface area contributed by atoms with Crippen molar-refractivity contribution in [3.05, 3.63) is 232 Å². The third-order valence-corrected chi connectivity index (χ3v) is 14.5. The third-order valence-electron chi connectivity index (χ3n) is 14.5. The number of nitriles is 9. The van der Waals surface area contributed by atoms with Crippen LogP contribution in [-0.2, 0) is 0 Å². The standard InChI is InChI=1S/C69H32N12/c1-40-3-2-4-62(79-40)69-67(80-63-27-50(54-17-41(31-70)13-42(18-54)32-71)5-9-58(63)59-10-6-51(28-64(59)80)55-19-43(33-72)14-44(20-55)34-73)25-49(39-78)26-68(69)81-65-29-52(56-21-45(35-74)15-46(22-56)36-75)7-11-60(65)61-12-8-53(30-66(61)81)57-23-47(37-76)16-48(24-57)38-77/h2-30H,1H3. The van der Waals surface area contributed by atoms with E-state index < -0.39 is 0 Å². The molecule has 81 heavy (non-hydrogen) atoms. The minimum Gasteiger partial charge on any atom is -0.308 e. The van der Waals surface area contributed by atoms with Crippen LogP contribution in [-0.4, -0.2) is 14.1 Å². The number of aryl methyl sites for hydroxylation is 1. The molecule has 12 aromatic rings. The highest BCUT2D eigenvalue weighted by Crippen LogP contribution is 2.45. The summed E-state index contributed by atoms with van der Waals surface area (Å²) in [6, 6.07) is 73.2. The van der Waals surface area contributed by atoms with Gasteiger partial charge in [0.2, 0.25) is 0 Å². The Kier molecular flexibility index (Phi) is 11.9. The number of hydrogen-bond donors (Lipinski definition) is 0. The summed E-state index contributed by atoms with van der Waals surface area (Å²) in [5.41, 5.74) is 13.9. The number of fused-ring (bicyclic) bond motifs is 6. The molecule has 0 unspecified atom stereocenters. The van der Waals surface area contributed by atoms with E-state index in [1.54, 1.807) is 48.5 Å². The number of nitrogens with zero attached hydrogens (tertiary/aromatic N) is 12. The van der Waals surface area contributed by atoms with E-state index in [2.05, 4.69) is 63.8 Å². The lowest BCUT2D eigenvalue weighted by atomic mass is 9.98. The highest BCUT2D eigenvalue weighted by atomic mass is 15.0. The lowest BCUT2D eigenvalue weighted by Crippen LogP contribution is -2.06. The Labute approximate surface area is 463 Å². The van der Waals surface area contributed by atoms with E-state index in [1.165, 1.54) is 24.3 Å². The molecule has 0 N–H and O–H groups in total. The van der Waals surface area contributed by atoms with Gasteiger partial charge in [-0.1, -0.05) is 54.6 Å². The second kappa shape index (κ2) is 19.7. The maximum Gasteiger partial charge on any atom is 0.0993 e. The molecule has 3 heterocycles.